The summed E-state index contributed by atoms with van der Waals surface area (Å²) in [5.74, 6) is 0.725. The molecular formula is C13H19N3O2. The summed E-state index contributed by atoms with van der Waals surface area (Å²) in [4.78, 5) is 4.47. The minimum Gasteiger partial charge on any atom is -0.394 e. The Morgan fingerprint density at radius 3 is 2.61 bits per heavy atom. The van der Waals surface area contributed by atoms with Crippen LogP contribution in [-0.4, -0.2) is 32.5 Å². The Labute approximate surface area is 106 Å². The first-order valence-electron chi connectivity index (χ1n) is 6.02. The number of aryl methyl sites for hydroxylation is 2. The third kappa shape index (κ3) is 2.25. The third-order valence-electron chi connectivity index (χ3n) is 3.23. The largest absolute Gasteiger partial charge is 0.394 e. The number of rotatable bonds is 4. The van der Waals surface area contributed by atoms with Crippen LogP contribution in [0.25, 0.3) is 11.0 Å². The van der Waals surface area contributed by atoms with Crippen LogP contribution in [0.15, 0.2) is 12.1 Å². The summed E-state index contributed by atoms with van der Waals surface area (Å²) in [7, 11) is 0. The number of aromatic nitrogens is 2. The summed E-state index contributed by atoms with van der Waals surface area (Å²) in [6.07, 6.45) is -0.797. The maximum absolute atomic E-state index is 9.59. The van der Waals surface area contributed by atoms with Gasteiger partial charge in [-0.05, 0) is 37.1 Å². The quantitative estimate of drug-likeness (QED) is 0.735. The van der Waals surface area contributed by atoms with Crippen molar-refractivity contribution in [2.75, 3.05) is 6.61 Å². The maximum Gasteiger partial charge on any atom is 0.123 e. The van der Waals surface area contributed by atoms with Crippen molar-refractivity contribution in [1.29, 1.82) is 0 Å². The van der Waals surface area contributed by atoms with E-state index >= 15 is 0 Å². The van der Waals surface area contributed by atoms with E-state index in [0.717, 1.165) is 16.9 Å². The number of benzene rings is 1. The normalized spacial score (nSPS) is 13.2. The molecule has 1 atom stereocenters. The highest BCUT2D eigenvalue weighted by Gasteiger charge is 2.13. The number of nitrogens with two attached hydrogens (primary N) is 1. The van der Waals surface area contributed by atoms with Gasteiger partial charge in [0.05, 0.1) is 36.8 Å². The minimum absolute atomic E-state index is 0.269. The number of aliphatic hydroxyl groups is 2. The van der Waals surface area contributed by atoms with E-state index in [-0.39, 0.29) is 6.61 Å². The second-order valence-electron chi connectivity index (χ2n) is 4.60. The van der Waals surface area contributed by atoms with Crippen molar-refractivity contribution in [3.8, 4) is 0 Å². The maximum atomic E-state index is 9.59. The highest BCUT2D eigenvalue weighted by molar-refractivity contribution is 5.78. The summed E-state index contributed by atoms with van der Waals surface area (Å²) in [5.41, 5.74) is 9.86. The molecule has 1 aromatic heterocycles. The van der Waals surface area contributed by atoms with Crippen molar-refractivity contribution >= 4 is 11.0 Å². The van der Waals surface area contributed by atoms with E-state index < -0.39 is 6.10 Å². The predicted molar refractivity (Wildman–Crippen MR) is 70.2 cm³/mol. The molecule has 0 radical (unpaired) electrons. The molecule has 0 saturated heterocycles. The topological polar surface area (TPSA) is 84.3 Å². The lowest BCUT2D eigenvalue weighted by Gasteiger charge is -2.12. The first kappa shape index (κ1) is 13.0. The summed E-state index contributed by atoms with van der Waals surface area (Å²) in [6.45, 7) is 4.43. The van der Waals surface area contributed by atoms with Gasteiger partial charge in [0, 0.05) is 0 Å². The molecule has 0 spiro atoms. The van der Waals surface area contributed by atoms with Crippen LogP contribution < -0.4 is 5.73 Å². The van der Waals surface area contributed by atoms with E-state index in [9.17, 15) is 5.11 Å². The molecule has 0 saturated carbocycles. The summed E-state index contributed by atoms with van der Waals surface area (Å²) < 4.78 is 1.88. The van der Waals surface area contributed by atoms with Gasteiger partial charge in [-0.25, -0.2) is 4.98 Å². The molecule has 1 unspecified atom stereocenters. The molecule has 5 nitrogen and oxygen atoms in total. The molecule has 98 valence electrons. The van der Waals surface area contributed by atoms with Crippen LogP contribution in [0.3, 0.4) is 0 Å². The fourth-order valence-corrected chi connectivity index (χ4v) is 2.06. The van der Waals surface area contributed by atoms with Crippen LogP contribution in [0.5, 0.6) is 0 Å². The van der Waals surface area contributed by atoms with Gasteiger partial charge in [-0.1, -0.05) is 0 Å². The molecule has 0 fully saturated rings. The molecule has 1 heterocycles. The SMILES string of the molecule is Cc1cc2nc(CN)n(CC(O)CO)c2cc1C. The lowest BCUT2D eigenvalue weighted by atomic mass is 10.1. The van der Waals surface area contributed by atoms with E-state index in [1.807, 2.05) is 30.5 Å². The first-order valence-corrected chi connectivity index (χ1v) is 6.02. The van der Waals surface area contributed by atoms with Gasteiger partial charge < -0.3 is 20.5 Å². The Kier molecular flexibility index (Phi) is 3.65. The molecule has 2 aromatic rings. The summed E-state index contributed by atoms with van der Waals surface area (Å²) in [5, 5.41) is 18.5. The molecule has 2 rings (SSSR count). The van der Waals surface area contributed by atoms with E-state index in [4.69, 9.17) is 10.8 Å². The van der Waals surface area contributed by atoms with E-state index in [0.29, 0.717) is 13.1 Å². The van der Waals surface area contributed by atoms with Gasteiger partial charge >= 0.3 is 0 Å². The van der Waals surface area contributed by atoms with Crippen molar-refractivity contribution in [2.45, 2.75) is 33.0 Å². The van der Waals surface area contributed by atoms with E-state index in [2.05, 4.69) is 4.98 Å². The van der Waals surface area contributed by atoms with Crippen LogP contribution in [0, 0.1) is 13.8 Å². The molecule has 18 heavy (non-hydrogen) atoms. The zero-order chi connectivity index (χ0) is 13.3. The van der Waals surface area contributed by atoms with Crippen LogP contribution >= 0.6 is 0 Å². The van der Waals surface area contributed by atoms with Gasteiger partial charge in [-0.2, -0.15) is 0 Å². The number of fused-ring (bicyclic) bond motifs is 1. The second-order valence-corrected chi connectivity index (χ2v) is 4.60. The molecule has 1 aromatic carbocycles. The molecule has 5 heteroatoms. The van der Waals surface area contributed by atoms with Crippen molar-refractivity contribution < 1.29 is 10.2 Å². The minimum atomic E-state index is -0.797. The molecule has 0 aliphatic carbocycles. The van der Waals surface area contributed by atoms with Gasteiger partial charge in [0.1, 0.15) is 5.82 Å². The van der Waals surface area contributed by atoms with E-state index in [1.165, 1.54) is 11.1 Å². The molecule has 0 bridgehead atoms. The lowest BCUT2D eigenvalue weighted by Crippen LogP contribution is -2.22. The summed E-state index contributed by atoms with van der Waals surface area (Å²) >= 11 is 0. The second kappa shape index (κ2) is 5.06. The van der Waals surface area contributed by atoms with Crippen molar-refractivity contribution in [1.82, 2.24) is 9.55 Å². The van der Waals surface area contributed by atoms with Crippen molar-refractivity contribution in [3.05, 3.63) is 29.1 Å². The Morgan fingerprint density at radius 2 is 2.00 bits per heavy atom. The van der Waals surface area contributed by atoms with Gasteiger partial charge in [0.15, 0.2) is 0 Å². The highest BCUT2D eigenvalue weighted by atomic mass is 16.3. The molecule has 4 N–H and O–H groups in total. The van der Waals surface area contributed by atoms with Crippen molar-refractivity contribution in [2.24, 2.45) is 5.73 Å². The Balaban J connectivity index is 2.57. The Morgan fingerprint density at radius 1 is 1.33 bits per heavy atom. The average molecular weight is 249 g/mol. The first-order chi connectivity index (χ1) is 8.56. The van der Waals surface area contributed by atoms with Crippen LogP contribution in [-0.2, 0) is 13.1 Å². The molecular weight excluding hydrogens is 230 g/mol. The fourth-order valence-electron chi connectivity index (χ4n) is 2.06. The van der Waals surface area contributed by atoms with Gasteiger partial charge in [-0.15, -0.1) is 0 Å². The van der Waals surface area contributed by atoms with Gasteiger partial charge in [0.25, 0.3) is 0 Å². The number of hydrogen-bond donors (Lipinski definition) is 3. The average Bonchev–Trinajstić information content (AvgIpc) is 2.67. The molecule has 0 aliphatic heterocycles. The number of hydrogen-bond acceptors (Lipinski definition) is 4. The van der Waals surface area contributed by atoms with E-state index in [1.54, 1.807) is 0 Å². The number of nitrogens with zero attached hydrogens (tertiary/aromatic N) is 2. The standard InChI is InChI=1S/C13H19N3O2/c1-8-3-11-12(4-9(8)2)16(6-10(18)7-17)13(5-14)15-11/h3-4,10,17-18H,5-7,14H2,1-2H3. The van der Waals surface area contributed by atoms with Crippen molar-refractivity contribution in [3.63, 3.8) is 0 Å². The monoisotopic (exact) mass is 249 g/mol. The smallest absolute Gasteiger partial charge is 0.123 e. The van der Waals surface area contributed by atoms with Gasteiger partial charge in [-0.3, -0.25) is 0 Å². The highest BCUT2D eigenvalue weighted by Crippen LogP contribution is 2.21. The zero-order valence-electron chi connectivity index (χ0n) is 10.7. The Bertz CT molecular complexity index is 563. The van der Waals surface area contributed by atoms with Crippen LogP contribution in [0.4, 0.5) is 0 Å². The number of aliphatic hydroxyl groups excluding tert-OH is 2. The molecule has 0 amide bonds. The lowest BCUT2D eigenvalue weighted by molar-refractivity contribution is 0.0814. The van der Waals surface area contributed by atoms with Crippen LogP contribution in [0.2, 0.25) is 0 Å². The fraction of sp³-hybridized carbons (Fsp3) is 0.462. The zero-order valence-corrected chi connectivity index (χ0v) is 10.7. The predicted octanol–water partition coefficient (Wildman–Crippen LogP) is 0.465. The number of imidazole rings is 1. The Hall–Kier alpha value is -1.43. The van der Waals surface area contributed by atoms with Gasteiger partial charge in [0.2, 0.25) is 0 Å². The van der Waals surface area contributed by atoms with Crippen LogP contribution in [0.1, 0.15) is 17.0 Å². The third-order valence-corrected chi connectivity index (χ3v) is 3.23. The summed E-state index contributed by atoms with van der Waals surface area (Å²) in [6, 6.07) is 4.06. The molecule has 0 aliphatic rings.